The van der Waals surface area contributed by atoms with Crippen molar-refractivity contribution in [3.05, 3.63) is 69.3 Å². The first-order valence-electron chi connectivity index (χ1n) is 8.22. The molecule has 0 atom stereocenters. The molecule has 2 heterocycles. The summed E-state index contributed by atoms with van der Waals surface area (Å²) in [4.78, 5) is 9.38. The number of aromatic nitrogens is 1. The number of fused-ring (bicyclic) bond motifs is 1. The van der Waals surface area contributed by atoms with Crippen LogP contribution in [0.2, 0.25) is 0 Å². The molecule has 25 heavy (non-hydrogen) atoms. The lowest BCUT2D eigenvalue weighted by molar-refractivity contribution is 0.713. The molecule has 1 aliphatic rings. The Morgan fingerprint density at radius 2 is 1.76 bits per heavy atom. The number of para-hydroxylation sites is 2. The summed E-state index contributed by atoms with van der Waals surface area (Å²) in [6.07, 6.45) is 0. The van der Waals surface area contributed by atoms with E-state index >= 15 is 0 Å². The largest absolute Gasteiger partial charge is 0.337 e. The van der Waals surface area contributed by atoms with Crippen molar-refractivity contribution < 1.29 is 0 Å². The second-order valence-corrected chi connectivity index (χ2v) is 7.79. The zero-order valence-corrected chi connectivity index (χ0v) is 15.9. The van der Waals surface area contributed by atoms with Gasteiger partial charge in [-0.2, -0.15) is 0 Å². The van der Waals surface area contributed by atoms with Crippen LogP contribution in [0.1, 0.15) is 6.92 Å². The Kier molecular flexibility index (Phi) is 4.27. The topological polar surface area (TPSA) is 20.5 Å². The summed E-state index contributed by atoms with van der Waals surface area (Å²) in [5.41, 5.74) is 2.22. The van der Waals surface area contributed by atoms with Crippen LogP contribution in [0, 0.1) is 0 Å². The van der Waals surface area contributed by atoms with E-state index in [0.29, 0.717) is 0 Å². The van der Waals surface area contributed by atoms with E-state index in [1.54, 1.807) is 11.3 Å². The van der Waals surface area contributed by atoms with Gasteiger partial charge in [-0.3, -0.25) is 0 Å². The summed E-state index contributed by atoms with van der Waals surface area (Å²) in [6, 6.07) is 18.6. The van der Waals surface area contributed by atoms with Gasteiger partial charge in [0.05, 0.1) is 26.3 Å². The second-order valence-electron chi connectivity index (χ2n) is 5.79. The molecule has 0 saturated heterocycles. The summed E-state index contributed by atoms with van der Waals surface area (Å²) in [5, 5.41) is 2.26. The number of hydrogen-bond donors (Lipinski definition) is 0. The van der Waals surface area contributed by atoms with Gasteiger partial charge >= 0.3 is 0 Å². The van der Waals surface area contributed by atoms with Crippen LogP contribution in [0.15, 0.2) is 64.5 Å². The third-order valence-electron chi connectivity index (χ3n) is 4.24. The molecule has 0 N–H and O–H groups in total. The van der Waals surface area contributed by atoms with Crippen molar-refractivity contribution in [1.29, 1.82) is 0 Å². The van der Waals surface area contributed by atoms with Crippen LogP contribution in [-0.2, 0) is 6.54 Å². The first-order chi connectivity index (χ1) is 12.2. The van der Waals surface area contributed by atoms with Crippen LogP contribution >= 0.6 is 23.1 Å². The molecule has 4 rings (SSSR count). The molecule has 0 aliphatic carbocycles. The molecular weight excluding hydrogens is 346 g/mol. The van der Waals surface area contributed by atoms with Crippen molar-refractivity contribution >= 4 is 46.1 Å². The molecule has 3 aromatic rings. The maximum Gasteiger partial charge on any atom is 0.191 e. The number of rotatable bonds is 2. The van der Waals surface area contributed by atoms with Gasteiger partial charge in [-0.25, -0.2) is 4.99 Å². The summed E-state index contributed by atoms with van der Waals surface area (Å²) in [7, 11) is 2.12. The Morgan fingerprint density at radius 3 is 2.48 bits per heavy atom. The molecule has 5 heteroatoms. The Bertz CT molecular complexity index is 1090. The molecule has 3 nitrogen and oxygen atoms in total. The van der Waals surface area contributed by atoms with Crippen LogP contribution in [0.3, 0.4) is 0 Å². The molecule has 0 radical (unpaired) electrons. The monoisotopic (exact) mass is 365 g/mol. The maximum atomic E-state index is 4.84. The number of hydrogen-bond acceptors (Lipinski definition) is 4. The number of anilines is 1. The minimum atomic E-state index is 0.857. The molecule has 0 amide bonds. The van der Waals surface area contributed by atoms with Gasteiger partial charge in [0.25, 0.3) is 0 Å². The molecule has 126 valence electrons. The van der Waals surface area contributed by atoms with Gasteiger partial charge < -0.3 is 9.47 Å². The highest BCUT2D eigenvalue weighted by molar-refractivity contribution is 8.08. The van der Waals surface area contributed by atoms with Gasteiger partial charge in [-0.05, 0) is 31.2 Å². The quantitative estimate of drug-likeness (QED) is 0.693. The summed E-state index contributed by atoms with van der Waals surface area (Å²) in [5.74, 6) is 0. The molecule has 1 aromatic heterocycles. The zero-order valence-electron chi connectivity index (χ0n) is 14.3. The summed E-state index contributed by atoms with van der Waals surface area (Å²) < 4.78 is 3.39. The van der Waals surface area contributed by atoms with E-state index in [1.807, 2.05) is 42.1 Å². The van der Waals surface area contributed by atoms with Gasteiger partial charge in [0.1, 0.15) is 0 Å². The normalized spacial score (nSPS) is 16.4. The van der Waals surface area contributed by atoms with E-state index in [-0.39, 0.29) is 0 Å². The van der Waals surface area contributed by atoms with Crippen LogP contribution in [0.5, 0.6) is 0 Å². The van der Waals surface area contributed by atoms with E-state index in [0.717, 1.165) is 22.4 Å². The number of thioether (sulfide) groups is 1. The average molecular weight is 366 g/mol. The zero-order chi connectivity index (χ0) is 17.4. The van der Waals surface area contributed by atoms with Crippen LogP contribution in [0.4, 0.5) is 11.4 Å². The van der Waals surface area contributed by atoms with Crippen LogP contribution in [-0.4, -0.2) is 11.6 Å². The summed E-state index contributed by atoms with van der Waals surface area (Å²) in [6.45, 7) is 7.34. The fourth-order valence-corrected chi connectivity index (χ4v) is 5.43. The van der Waals surface area contributed by atoms with Crippen molar-refractivity contribution in [2.24, 2.45) is 4.99 Å². The van der Waals surface area contributed by atoms with Gasteiger partial charge in [0, 0.05) is 18.5 Å². The Morgan fingerprint density at radius 1 is 1.04 bits per heavy atom. The lowest BCUT2D eigenvalue weighted by Crippen LogP contribution is -2.33. The Balaban J connectivity index is 1.94. The predicted octanol–water partition coefficient (Wildman–Crippen LogP) is 3.52. The van der Waals surface area contributed by atoms with Crippen LogP contribution < -0.4 is 19.6 Å². The van der Waals surface area contributed by atoms with Gasteiger partial charge in [-0.1, -0.05) is 60.0 Å². The SMILES string of the molecule is C=c1/c(=C2\Sc3ccccc3N2C)s/c(=N\c2ccccc2)n1CC. The Hall–Kier alpha value is -2.24. The molecule has 0 fully saturated rings. The lowest BCUT2D eigenvalue weighted by Gasteiger charge is -2.12. The van der Waals surface area contributed by atoms with E-state index in [2.05, 4.69) is 54.3 Å². The van der Waals surface area contributed by atoms with Crippen molar-refractivity contribution in [3.8, 4) is 0 Å². The molecule has 0 bridgehead atoms. The fraction of sp³-hybridized carbons (Fsp3) is 0.150. The standard InChI is InChI=1S/C20H19N3S2/c1-4-23-14(2)18(25-20(23)21-15-10-6-5-7-11-15)19-22(3)16-12-8-9-13-17(16)24-19/h5-13H,2,4H2,1,3H3/b19-18+,21-20-. The fourth-order valence-electron chi connectivity index (χ4n) is 2.93. The van der Waals surface area contributed by atoms with E-state index in [4.69, 9.17) is 4.99 Å². The molecule has 0 spiro atoms. The number of benzene rings is 2. The third kappa shape index (κ3) is 2.83. The average Bonchev–Trinajstić information content (AvgIpc) is 3.13. The van der Waals surface area contributed by atoms with Gasteiger partial charge in [0.15, 0.2) is 4.80 Å². The van der Waals surface area contributed by atoms with E-state index in [1.165, 1.54) is 20.1 Å². The highest BCUT2D eigenvalue weighted by atomic mass is 32.2. The maximum absolute atomic E-state index is 4.84. The predicted molar refractivity (Wildman–Crippen MR) is 109 cm³/mol. The molecule has 1 aliphatic heterocycles. The van der Waals surface area contributed by atoms with Crippen molar-refractivity contribution in [2.45, 2.75) is 18.4 Å². The number of thiazole rings is 1. The highest BCUT2D eigenvalue weighted by Crippen LogP contribution is 2.44. The van der Waals surface area contributed by atoms with Crippen LogP contribution in [0.25, 0.3) is 11.6 Å². The van der Waals surface area contributed by atoms with Crippen molar-refractivity contribution in [1.82, 2.24) is 4.57 Å². The van der Waals surface area contributed by atoms with Gasteiger partial charge in [0.2, 0.25) is 0 Å². The minimum Gasteiger partial charge on any atom is -0.337 e. The first kappa shape index (κ1) is 16.2. The second kappa shape index (κ2) is 6.58. The van der Waals surface area contributed by atoms with Crippen molar-refractivity contribution in [3.63, 3.8) is 0 Å². The molecule has 2 aromatic carbocycles. The van der Waals surface area contributed by atoms with E-state index < -0.39 is 0 Å². The summed E-state index contributed by atoms with van der Waals surface area (Å²) >= 11 is 3.52. The smallest absolute Gasteiger partial charge is 0.191 e. The minimum absolute atomic E-state index is 0.857. The first-order valence-corrected chi connectivity index (χ1v) is 9.85. The van der Waals surface area contributed by atoms with Gasteiger partial charge in [-0.15, -0.1) is 0 Å². The third-order valence-corrected chi connectivity index (χ3v) is 6.73. The number of nitrogens with zero attached hydrogens (tertiary/aromatic N) is 3. The molecule has 0 saturated carbocycles. The lowest BCUT2D eigenvalue weighted by atomic mass is 10.3. The van der Waals surface area contributed by atoms with Crippen molar-refractivity contribution in [2.75, 3.05) is 11.9 Å². The van der Waals surface area contributed by atoms with E-state index in [9.17, 15) is 0 Å². The molecular formula is C20H19N3S2. The molecule has 0 unspecified atom stereocenters. The Labute approximate surface area is 155 Å². The highest BCUT2D eigenvalue weighted by Gasteiger charge is 2.23.